The fourth-order valence-corrected chi connectivity index (χ4v) is 1.79. The van der Waals surface area contributed by atoms with Crippen molar-refractivity contribution in [3.8, 4) is 0 Å². The van der Waals surface area contributed by atoms with Gasteiger partial charge in [-0.1, -0.05) is 11.7 Å². The molecule has 0 atom stereocenters. The fourth-order valence-electron chi connectivity index (χ4n) is 1.79. The van der Waals surface area contributed by atoms with Gasteiger partial charge >= 0.3 is 0 Å². The summed E-state index contributed by atoms with van der Waals surface area (Å²) >= 11 is 0. The van der Waals surface area contributed by atoms with Gasteiger partial charge in [0, 0.05) is 12.6 Å². The second kappa shape index (κ2) is 7.15. The van der Waals surface area contributed by atoms with Gasteiger partial charge < -0.3 is 14.7 Å². The van der Waals surface area contributed by atoms with E-state index in [-0.39, 0.29) is 18.1 Å². The van der Waals surface area contributed by atoms with Crippen LogP contribution in [0.1, 0.15) is 38.7 Å². The third-order valence-corrected chi connectivity index (χ3v) is 3.04. The summed E-state index contributed by atoms with van der Waals surface area (Å²) in [5, 5.41) is 6.18. The van der Waals surface area contributed by atoms with Crippen LogP contribution in [-0.4, -0.2) is 35.0 Å². The van der Waals surface area contributed by atoms with Gasteiger partial charge in [0.1, 0.15) is 5.69 Å². The molecule has 22 heavy (non-hydrogen) atoms. The molecule has 0 saturated heterocycles. The lowest BCUT2D eigenvalue weighted by Gasteiger charge is -2.26. The average Bonchev–Trinajstić information content (AvgIpc) is 2.94. The van der Waals surface area contributed by atoms with Gasteiger partial charge in [0.15, 0.2) is 0 Å². The van der Waals surface area contributed by atoms with Gasteiger partial charge in [-0.05, 0) is 26.8 Å². The van der Waals surface area contributed by atoms with Crippen molar-refractivity contribution in [1.29, 1.82) is 0 Å². The molecular formula is C14H19F2N3O3. The number of halogens is 2. The van der Waals surface area contributed by atoms with Gasteiger partial charge in [-0.15, -0.1) is 0 Å². The molecule has 1 rings (SSSR count). The van der Waals surface area contributed by atoms with E-state index in [2.05, 4.69) is 21.6 Å². The number of hydrogen-bond donors (Lipinski definition) is 1. The van der Waals surface area contributed by atoms with Crippen molar-refractivity contribution in [2.75, 3.05) is 13.1 Å². The average molecular weight is 315 g/mol. The van der Waals surface area contributed by atoms with Crippen LogP contribution in [0.2, 0.25) is 0 Å². The topological polar surface area (TPSA) is 75.4 Å². The van der Waals surface area contributed by atoms with Crippen molar-refractivity contribution >= 4 is 11.8 Å². The minimum absolute atomic E-state index is 0.162. The molecule has 1 N–H and O–H groups in total. The first-order chi connectivity index (χ1) is 10.2. The highest BCUT2D eigenvalue weighted by atomic mass is 19.3. The molecule has 1 aromatic heterocycles. The molecule has 0 unspecified atom stereocenters. The van der Waals surface area contributed by atoms with Crippen molar-refractivity contribution in [2.24, 2.45) is 0 Å². The summed E-state index contributed by atoms with van der Waals surface area (Å²) in [4.78, 5) is 24.8. The van der Waals surface area contributed by atoms with E-state index in [0.29, 0.717) is 6.54 Å². The first-order valence-electron chi connectivity index (χ1n) is 6.68. The Bertz CT molecular complexity index is 555. The van der Waals surface area contributed by atoms with Gasteiger partial charge in [-0.3, -0.25) is 9.59 Å². The summed E-state index contributed by atoms with van der Waals surface area (Å²) in [6.45, 7) is 8.48. The Kier molecular flexibility index (Phi) is 5.78. The SMILES string of the molecule is C=CC(=O)N(CC)CC(=O)NC(C)(C)c1cc(C(F)F)on1. The van der Waals surface area contributed by atoms with Gasteiger partial charge in [-0.2, -0.15) is 0 Å². The second-order valence-electron chi connectivity index (χ2n) is 5.14. The third-order valence-electron chi connectivity index (χ3n) is 3.04. The number of carbonyl (C=O) groups excluding carboxylic acids is 2. The van der Waals surface area contributed by atoms with E-state index < -0.39 is 23.6 Å². The number of aromatic nitrogens is 1. The molecule has 0 saturated carbocycles. The van der Waals surface area contributed by atoms with Crippen LogP contribution in [0.15, 0.2) is 23.2 Å². The molecule has 0 radical (unpaired) electrons. The molecule has 122 valence electrons. The smallest absolute Gasteiger partial charge is 0.298 e. The number of rotatable bonds is 7. The normalized spacial score (nSPS) is 11.4. The highest BCUT2D eigenvalue weighted by Crippen LogP contribution is 2.25. The summed E-state index contributed by atoms with van der Waals surface area (Å²) < 4.78 is 29.5. The van der Waals surface area contributed by atoms with E-state index in [1.807, 2.05) is 0 Å². The van der Waals surface area contributed by atoms with E-state index in [9.17, 15) is 18.4 Å². The minimum Gasteiger partial charge on any atom is -0.355 e. The quantitative estimate of drug-likeness (QED) is 0.781. The largest absolute Gasteiger partial charge is 0.355 e. The lowest BCUT2D eigenvalue weighted by Crippen LogP contribution is -2.47. The molecular weight excluding hydrogens is 296 g/mol. The summed E-state index contributed by atoms with van der Waals surface area (Å²) in [6.07, 6.45) is -1.65. The van der Waals surface area contributed by atoms with E-state index in [1.165, 1.54) is 4.90 Å². The summed E-state index contributed by atoms with van der Waals surface area (Å²) in [7, 11) is 0. The van der Waals surface area contributed by atoms with Gasteiger partial charge in [0.25, 0.3) is 6.43 Å². The monoisotopic (exact) mass is 315 g/mol. The number of amides is 2. The summed E-state index contributed by atoms with van der Waals surface area (Å²) in [5.41, 5.74) is -0.834. The lowest BCUT2D eigenvalue weighted by atomic mass is 10.0. The Labute approximate surface area is 127 Å². The standard InChI is InChI=1S/C14H19F2N3O3/c1-5-12(21)19(6-2)8-11(20)17-14(3,4)10-7-9(13(15)16)22-18-10/h5,7,13H,1,6,8H2,2-4H3,(H,17,20). The van der Waals surface area contributed by atoms with Crippen LogP contribution in [0.4, 0.5) is 8.78 Å². The molecule has 6 nitrogen and oxygen atoms in total. The number of likely N-dealkylation sites (N-methyl/N-ethyl adjacent to an activating group) is 1. The van der Waals surface area contributed by atoms with Crippen LogP contribution in [0.25, 0.3) is 0 Å². The van der Waals surface area contributed by atoms with Gasteiger partial charge in [-0.25, -0.2) is 8.78 Å². The van der Waals surface area contributed by atoms with E-state index >= 15 is 0 Å². The van der Waals surface area contributed by atoms with E-state index in [4.69, 9.17) is 0 Å². The molecule has 1 heterocycles. The second-order valence-corrected chi connectivity index (χ2v) is 5.14. The first kappa shape index (κ1) is 17.8. The number of nitrogens with one attached hydrogen (secondary N) is 1. The summed E-state index contributed by atoms with van der Waals surface area (Å²) in [5.74, 6) is -1.37. The number of alkyl halides is 2. The van der Waals surface area contributed by atoms with Crippen molar-refractivity contribution in [3.63, 3.8) is 0 Å². The molecule has 0 bridgehead atoms. The minimum atomic E-state index is -2.77. The van der Waals surface area contributed by atoms with Crippen LogP contribution >= 0.6 is 0 Å². The van der Waals surface area contributed by atoms with E-state index in [1.54, 1.807) is 20.8 Å². The highest BCUT2D eigenvalue weighted by Gasteiger charge is 2.29. The highest BCUT2D eigenvalue weighted by molar-refractivity contribution is 5.91. The maximum absolute atomic E-state index is 12.5. The van der Waals surface area contributed by atoms with Crippen molar-refractivity contribution in [1.82, 2.24) is 15.4 Å². The molecule has 2 amide bonds. The molecule has 1 aromatic rings. The maximum atomic E-state index is 12.5. The van der Waals surface area contributed by atoms with Gasteiger partial charge in [0.2, 0.25) is 17.6 Å². The predicted octanol–water partition coefficient (Wildman–Crippen LogP) is 2.00. The number of nitrogens with zero attached hydrogens (tertiary/aromatic N) is 2. The number of hydrogen-bond acceptors (Lipinski definition) is 4. The predicted molar refractivity (Wildman–Crippen MR) is 75.1 cm³/mol. The van der Waals surface area contributed by atoms with Crippen LogP contribution in [0.3, 0.4) is 0 Å². The Morgan fingerprint density at radius 2 is 2.18 bits per heavy atom. The number of carbonyl (C=O) groups is 2. The van der Waals surface area contributed by atoms with Crippen molar-refractivity contribution < 1.29 is 22.9 Å². The maximum Gasteiger partial charge on any atom is 0.298 e. The Balaban J connectivity index is 2.75. The first-order valence-corrected chi connectivity index (χ1v) is 6.68. The molecule has 0 fully saturated rings. The molecule has 8 heteroatoms. The molecule has 0 aliphatic carbocycles. The van der Waals surface area contributed by atoms with Crippen LogP contribution in [0.5, 0.6) is 0 Å². The summed E-state index contributed by atoms with van der Waals surface area (Å²) in [6, 6.07) is 1.09. The zero-order chi connectivity index (χ0) is 16.9. The fraction of sp³-hybridized carbons (Fsp3) is 0.500. The zero-order valence-electron chi connectivity index (χ0n) is 12.7. The Morgan fingerprint density at radius 1 is 1.55 bits per heavy atom. The van der Waals surface area contributed by atoms with Crippen molar-refractivity contribution in [3.05, 3.63) is 30.2 Å². The van der Waals surface area contributed by atoms with Crippen LogP contribution in [-0.2, 0) is 15.1 Å². The van der Waals surface area contributed by atoms with Gasteiger partial charge in [0.05, 0.1) is 12.1 Å². The molecule has 0 aromatic carbocycles. The lowest BCUT2D eigenvalue weighted by molar-refractivity contribution is -0.133. The third kappa shape index (κ3) is 4.37. The Hall–Kier alpha value is -2.25. The van der Waals surface area contributed by atoms with Crippen LogP contribution in [0, 0.1) is 0 Å². The van der Waals surface area contributed by atoms with E-state index in [0.717, 1.165) is 12.1 Å². The Morgan fingerprint density at radius 3 is 2.64 bits per heavy atom. The molecule has 0 aliphatic rings. The molecule has 0 spiro atoms. The molecule has 0 aliphatic heterocycles. The zero-order valence-corrected chi connectivity index (χ0v) is 12.7. The van der Waals surface area contributed by atoms with Crippen molar-refractivity contribution in [2.45, 2.75) is 32.7 Å². The van der Waals surface area contributed by atoms with Crippen LogP contribution < -0.4 is 5.32 Å².